The fourth-order valence-corrected chi connectivity index (χ4v) is 2.88. The molecule has 1 aliphatic carbocycles. The van der Waals surface area contributed by atoms with Gasteiger partial charge < -0.3 is 10.6 Å². The highest BCUT2D eigenvalue weighted by Crippen LogP contribution is 2.28. The number of anilines is 1. The molecule has 1 aromatic carbocycles. The van der Waals surface area contributed by atoms with Crippen molar-refractivity contribution in [3.63, 3.8) is 0 Å². The Morgan fingerprint density at radius 1 is 1.30 bits per heavy atom. The maximum absolute atomic E-state index is 12.4. The van der Waals surface area contributed by atoms with Crippen LogP contribution in [0.5, 0.6) is 0 Å². The number of hydrogen-bond acceptors (Lipinski definition) is 2. The largest absolute Gasteiger partial charge is 0.344 e. The van der Waals surface area contributed by atoms with Gasteiger partial charge in [0.25, 0.3) is 0 Å². The van der Waals surface area contributed by atoms with Crippen LogP contribution in [0.3, 0.4) is 0 Å². The molecule has 1 aliphatic rings. The Balaban J connectivity index is 2.07. The van der Waals surface area contributed by atoms with Crippen molar-refractivity contribution in [2.24, 2.45) is 5.92 Å². The lowest BCUT2D eigenvalue weighted by molar-refractivity contribution is -0.126. The fourth-order valence-electron chi connectivity index (χ4n) is 2.69. The summed E-state index contributed by atoms with van der Waals surface area (Å²) in [5.74, 6) is -0.129. The Morgan fingerprint density at radius 2 is 2.00 bits per heavy atom. The van der Waals surface area contributed by atoms with Gasteiger partial charge in [-0.25, -0.2) is 0 Å². The molecule has 0 heterocycles. The zero-order chi connectivity index (χ0) is 14.5. The van der Waals surface area contributed by atoms with Crippen molar-refractivity contribution in [2.45, 2.75) is 38.6 Å². The third-order valence-electron chi connectivity index (χ3n) is 3.60. The molecule has 0 spiro atoms. The predicted octanol–water partition coefficient (Wildman–Crippen LogP) is 2.97. The summed E-state index contributed by atoms with van der Waals surface area (Å²) in [4.78, 5) is 23.7. The van der Waals surface area contributed by atoms with E-state index in [-0.39, 0.29) is 17.7 Å². The van der Waals surface area contributed by atoms with Crippen molar-refractivity contribution in [3.8, 4) is 0 Å². The molecular formula is C15H19ClN2O2. The maximum Gasteiger partial charge on any atom is 0.247 e. The number of amides is 2. The van der Waals surface area contributed by atoms with E-state index in [2.05, 4.69) is 10.6 Å². The van der Waals surface area contributed by atoms with Crippen LogP contribution in [0.4, 0.5) is 5.69 Å². The molecule has 2 amide bonds. The lowest BCUT2D eigenvalue weighted by atomic mass is 9.97. The number of halogens is 1. The van der Waals surface area contributed by atoms with Crippen LogP contribution in [0.25, 0.3) is 0 Å². The van der Waals surface area contributed by atoms with Gasteiger partial charge in [0, 0.05) is 17.6 Å². The number of nitrogens with one attached hydrogen (secondary N) is 2. The zero-order valence-electron chi connectivity index (χ0n) is 11.5. The number of hydrogen-bond donors (Lipinski definition) is 2. The smallest absolute Gasteiger partial charge is 0.247 e. The van der Waals surface area contributed by atoms with Gasteiger partial charge in [-0.2, -0.15) is 0 Å². The maximum atomic E-state index is 12.4. The molecule has 1 aromatic rings. The Kier molecular flexibility index (Phi) is 5.01. The van der Waals surface area contributed by atoms with E-state index in [0.717, 1.165) is 25.7 Å². The van der Waals surface area contributed by atoms with E-state index >= 15 is 0 Å². The van der Waals surface area contributed by atoms with Crippen molar-refractivity contribution < 1.29 is 9.59 Å². The lowest BCUT2D eigenvalue weighted by Crippen LogP contribution is -2.47. The molecule has 20 heavy (non-hydrogen) atoms. The predicted molar refractivity (Wildman–Crippen MR) is 79.6 cm³/mol. The van der Waals surface area contributed by atoms with Crippen molar-refractivity contribution >= 4 is 29.1 Å². The van der Waals surface area contributed by atoms with E-state index in [1.165, 1.54) is 6.92 Å². The monoisotopic (exact) mass is 294 g/mol. The molecule has 0 aliphatic heterocycles. The molecule has 1 saturated carbocycles. The molecule has 4 nitrogen and oxygen atoms in total. The molecule has 108 valence electrons. The minimum Gasteiger partial charge on any atom is -0.344 e. The Labute approximate surface area is 123 Å². The molecule has 0 aromatic heterocycles. The molecule has 2 N–H and O–H groups in total. The number of benzene rings is 1. The SMILES string of the molecule is CC(=O)NC(C(=O)Nc1cccc(Cl)c1)C1CCCC1. The summed E-state index contributed by atoms with van der Waals surface area (Å²) in [6.45, 7) is 1.44. The minimum atomic E-state index is -0.464. The minimum absolute atomic E-state index is 0.172. The zero-order valence-corrected chi connectivity index (χ0v) is 12.2. The molecule has 5 heteroatoms. The van der Waals surface area contributed by atoms with Gasteiger partial charge in [-0.05, 0) is 37.0 Å². The Bertz CT molecular complexity index is 498. The summed E-state index contributed by atoms with van der Waals surface area (Å²) in [7, 11) is 0. The summed E-state index contributed by atoms with van der Waals surface area (Å²) < 4.78 is 0. The number of rotatable bonds is 4. The number of carbonyl (C=O) groups excluding carboxylic acids is 2. The topological polar surface area (TPSA) is 58.2 Å². The molecular weight excluding hydrogens is 276 g/mol. The molecule has 0 bridgehead atoms. The van der Waals surface area contributed by atoms with E-state index < -0.39 is 6.04 Å². The van der Waals surface area contributed by atoms with Crippen LogP contribution in [-0.4, -0.2) is 17.9 Å². The van der Waals surface area contributed by atoms with Crippen LogP contribution < -0.4 is 10.6 Å². The molecule has 0 radical (unpaired) electrons. The highest BCUT2D eigenvalue weighted by molar-refractivity contribution is 6.30. The number of carbonyl (C=O) groups is 2. The normalized spacial score (nSPS) is 16.7. The lowest BCUT2D eigenvalue weighted by Gasteiger charge is -2.23. The molecule has 0 saturated heterocycles. The summed E-state index contributed by atoms with van der Waals surface area (Å²) >= 11 is 5.90. The second-order valence-electron chi connectivity index (χ2n) is 5.22. The van der Waals surface area contributed by atoms with Crippen LogP contribution in [0.2, 0.25) is 5.02 Å². The average molecular weight is 295 g/mol. The van der Waals surface area contributed by atoms with Crippen LogP contribution in [0.1, 0.15) is 32.6 Å². The summed E-state index contributed by atoms with van der Waals surface area (Å²) in [5.41, 5.74) is 0.649. The summed E-state index contributed by atoms with van der Waals surface area (Å²) in [5, 5.41) is 6.17. The van der Waals surface area contributed by atoms with E-state index in [9.17, 15) is 9.59 Å². The van der Waals surface area contributed by atoms with Crippen LogP contribution >= 0.6 is 11.6 Å². The summed E-state index contributed by atoms with van der Waals surface area (Å²) in [6, 6.07) is 6.54. The van der Waals surface area contributed by atoms with Gasteiger partial charge in [-0.3, -0.25) is 9.59 Å². The molecule has 1 atom stereocenters. The molecule has 1 unspecified atom stereocenters. The second kappa shape index (κ2) is 6.75. The Morgan fingerprint density at radius 3 is 2.60 bits per heavy atom. The first-order chi connectivity index (χ1) is 9.56. The van der Waals surface area contributed by atoms with Gasteiger partial charge in [0.15, 0.2) is 0 Å². The first-order valence-corrected chi connectivity index (χ1v) is 7.27. The Hall–Kier alpha value is -1.55. The molecule has 1 fully saturated rings. The fraction of sp³-hybridized carbons (Fsp3) is 0.467. The van der Waals surface area contributed by atoms with Crippen LogP contribution in [-0.2, 0) is 9.59 Å². The first kappa shape index (κ1) is 14.9. The van der Waals surface area contributed by atoms with Crippen LogP contribution in [0.15, 0.2) is 24.3 Å². The van der Waals surface area contributed by atoms with Gasteiger partial charge in [0.05, 0.1) is 0 Å². The van der Waals surface area contributed by atoms with E-state index in [4.69, 9.17) is 11.6 Å². The van der Waals surface area contributed by atoms with Gasteiger partial charge in [-0.15, -0.1) is 0 Å². The van der Waals surface area contributed by atoms with Gasteiger partial charge in [-0.1, -0.05) is 30.5 Å². The van der Waals surface area contributed by atoms with Gasteiger partial charge >= 0.3 is 0 Å². The second-order valence-corrected chi connectivity index (χ2v) is 5.66. The third-order valence-corrected chi connectivity index (χ3v) is 3.84. The first-order valence-electron chi connectivity index (χ1n) is 6.90. The van der Waals surface area contributed by atoms with Crippen molar-refractivity contribution in [1.82, 2.24) is 5.32 Å². The van der Waals surface area contributed by atoms with E-state index in [1.807, 2.05) is 0 Å². The van der Waals surface area contributed by atoms with E-state index in [1.54, 1.807) is 24.3 Å². The highest BCUT2D eigenvalue weighted by Gasteiger charge is 2.31. The quantitative estimate of drug-likeness (QED) is 0.897. The van der Waals surface area contributed by atoms with Gasteiger partial charge in [0.1, 0.15) is 6.04 Å². The van der Waals surface area contributed by atoms with Gasteiger partial charge in [0.2, 0.25) is 11.8 Å². The standard InChI is InChI=1S/C15H19ClN2O2/c1-10(19)17-14(11-5-2-3-6-11)15(20)18-13-8-4-7-12(16)9-13/h4,7-9,11,14H,2-3,5-6H2,1H3,(H,17,19)(H,18,20). The van der Waals surface area contributed by atoms with Crippen LogP contribution in [0, 0.1) is 5.92 Å². The third kappa shape index (κ3) is 3.97. The molecule has 2 rings (SSSR count). The average Bonchev–Trinajstić information content (AvgIpc) is 2.89. The summed E-state index contributed by atoms with van der Waals surface area (Å²) in [6.07, 6.45) is 4.19. The van der Waals surface area contributed by atoms with Crippen molar-refractivity contribution in [3.05, 3.63) is 29.3 Å². The van der Waals surface area contributed by atoms with Crippen molar-refractivity contribution in [1.29, 1.82) is 0 Å². The van der Waals surface area contributed by atoms with Crippen molar-refractivity contribution in [2.75, 3.05) is 5.32 Å². The highest BCUT2D eigenvalue weighted by atomic mass is 35.5. The van der Waals surface area contributed by atoms with E-state index in [0.29, 0.717) is 10.7 Å².